The second kappa shape index (κ2) is 5.89. The maximum Gasteiger partial charge on any atom is 0.121 e. The highest BCUT2D eigenvalue weighted by atomic mass is 16.5. The molecular formula is C11H14N2O2. The molecule has 15 heavy (non-hydrogen) atoms. The number of rotatable bonds is 5. The Morgan fingerprint density at radius 3 is 2.80 bits per heavy atom. The van der Waals surface area contributed by atoms with Crippen LogP contribution in [0.25, 0.3) is 0 Å². The van der Waals surface area contributed by atoms with Gasteiger partial charge in [-0.1, -0.05) is 0 Å². The van der Waals surface area contributed by atoms with Gasteiger partial charge in [-0.25, -0.2) is 0 Å². The smallest absolute Gasteiger partial charge is 0.121 e. The molecule has 1 aromatic carbocycles. The average molecular weight is 206 g/mol. The highest BCUT2D eigenvalue weighted by Crippen LogP contribution is 2.21. The van der Waals surface area contributed by atoms with Gasteiger partial charge in [-0.3, -0.25) is 0 Å². The Hall–Kier alpha value is -1.73. The van der Waals surface area contributed by atoms with Crippen molar-refractivity contribution in [3.8, 4) is 11.8 Å². The van der Waals surface area contributed by atoms with E-state index >= 15 is 0 Å². The standard InChI is InChI=1S/C11H14N2O2/c1-14-6-5-13-11-7-10(15-2)4-3-9(11)8-12/h3-4,7,13H,5-6H2,1-2H3. The Kier molecular flexibility index (Phi) is 4.45. The normalized spacial score (nSPS) is 9.40. The quantitative estimate of drug-likeness (QED) is 0.744. The van der Waals surface area contributed by atoms with E-state index in [4.69, 9.17) is 14.7 Å². The zero-order chi connectivity index (χ0) is 11.1. The Bertz CT molecular complexity index is 358. The molecule has 0 spiro atoms. The van der Waals surface area contributed by atoms with Crippen molar-refractivity contribution < 1.29 is 9.47 Å². The van der Waals surface area contributed by atoms with E-state index in [0.29, 0.717) is 18.7 Å². The molecular weight excluding hydrogens is 192 g/mol. The van der Waals surface area contributed by atoms with E-state index in [1.54, 1.807) is 32.4 Å². The maximum atomic E-state index is 8.88. The minimum absolute atomic E-state index is 0.599. The van der Waals surface area contributed by atoms with Crippen molar-refractivity contribution in [3.63, 3.8) is 0 Å². The minimum atomic E-state index is 0.599. The van der Waals surface area contributed by atoms with Crippen LogP contribution in [0, 0.1) is 11.3 Å². The molecule has 0 atom stereocenters. The lowest BCUT2D eigenvalue weighted by molar-refractivity contribution is 0.211. The van der Waals surface area contributed by atoms with Gasteiger partial charge in [0.05, 0.1) is 25.0 Å². The first-order valence-corrected chi connectivity index (χ1v) is 4.62. The predicted octanol–water partition coefficient (Wildman–Crippen LogP) is 1.63. The monoisotopic (exact) mass is 206 g/mol. The van der Waals surface area contributed by atoms with Crippen molar-refractivity contribution in [2.24, 2.45) is 0 Å². The highest BCUT2D eigenvalue weighted by Gasteiger charge is 2.02. The van der Waals surface area contributed by atoms with Crippen LogP contribution in [0.4, 0.5) is 5.69 Å². The van der Waals surface area contributed by atoms with Gasteiger partial charge in [0.25, 0.3) is 0 Å². The van der Waals surface area contributed by atoms with Crippen LogP contribution in [0.1, 0.15) is 5.56 Å². The van der Waals surface area contributed by atoms with E-state index < -0.39 is 0 Å². The maximum absolute atomic E-state index is 8.88. The van der Waals surface area contributed by atoms with Gasteiger partial charge in [-0.05, 0) is 12.1 Å². The first kappa shape index (κ1) is 11.3. The molecule has 0 aromatic heterocycles. The Balaban J connectivity index is 2.78. The number of benzene rings is 1. The molecule has 0 amide bonds. The summed E-state index contributed by atoms with van der Waals surface area (Å²) < 4.78 is 10.00. The first-order valence-electron chi connectivity index (χ1n) is 4.62. The van der Waals surface area contributed by atoms with Gasteiger partial charge in [0.2, 0.25) is 0 Å². The number of anilines is 1. The molecule has 0 bridgehead atoms. The van der Waals surface area contributed by atoms with Crippen LogP contribution in [0.15, 0.2) is 18.2 Å². The van der Waals surface area contributed by atoms with E-state index in [0.717, 1.165) is 11.4 Å². The summed E-state index contributed by atoms with van der Waals surface area (Å²) in [5.41, 5.74) is 1.38. The number of hydrogen-bond donors (Lipinski definition) is 1. The van der Waals surface area contributed by atoms with Crippen molar-refractivity contribution >= 4 is 5.69 Å². The molecule has 0 saturated heterocycles. The third-order valence-electron chi connectivity index (χ3n) is 1.97. The fraction of sp³-hybridized carbons (Fsp3) is 0.364. The zero-order valence-electron chi connectivity index (χ0n) is 8.91. The van der Waals surface area contributed by atoms with Crippen molar-refractivity contribution in [3.05, 3.63) is 23.8 Å². The van der Waals surface area contributed by atoms with E-state index in [1.807, 2.05) is 0 Å². The molecule has 80 valence electrons. The van der Waals surface area contributed by atoms with Gasteiger partial charge >= 0.3 is 0 Å². The molecule has 1 N–H and O–H groups in total. The van der Waals surface area contributed by atoms with Gasteiger partial charge in [0.15, 0.2) is 0 Å². The van der Waals surface area contributed by atoms with E-state index in [-0.39, 0.29) is 0 Å². The summed E-state index contributed by atoms with van der Waals surface area (Å²) >= 11 is 0. The second-order valence-electron chi connectivity index (χ2n) is 2.94. The summed E-state index contributed by atoms with van der Waals surface area (Å²) in [6.45, 7) is 1.26. The van der Waals surface area contributed by atoms with Crippen molar-refractivity contribution in [2.75, 3.05) is 32.7 Å². The molecule has 4 heteroatoms. The van der Waals surface area contributed by atoms with Gasteiger partial charge in [-0.2, -0.15) is 5.26 Å². The predicted molar refractivity (Wildman–Crippen MR) is 58.1 cm³/mol. The molecule has 1 rings (SSSR count). The Morgan fingerprint density at radius 1 is 1.40 bits per heavy atom. The number of hydrogen-bond acceptors (Lipinski definition) is 4. The second-order valence-corrected chi connectivity index (χ2v) is 2.94. The summed E-state index contributed by atoms with van der Waals surface area (Å²) in [6.07, 6.45) is 0. The minimum Gasteiger partial charge on any atom is -0.497 e. The van der Waals surface area contributed by atoms with Crippen LogP contribution in [-0.4, -0.2) is 27.4 Å². The number of methoxy groups -OCH3 is 2. The molecule has 4 nitrogen and oxygen atoms in total. The Morgan fingerprint density at radius 2 is 2.20 bits per heavy atom. The van der Waals surface area contributed by atoms with Gasteiger partial charge in [0.1, 0.15) is 11.8 Å². The molecule has 0 heterocycles. The van der Waals surface area contributed by atoms with Crippen LogP contribution in [-0.2, 0) is 4.74 Å². The number of nitrogens with one attached hydrogen (secondary N) is 1. The van der Waals surface area contributed by atoms with E-state index in [1.165, 1.54) is 0 Å². The van der Waals surface area contributed by atoms with Crippen molar-refractivity contribution in [1.29, 1.82) is 5.26 Å². The van der Waals surface area contributed by atoms with Gasteiger partial charge in [0, 0.05) is 19.7 Å². The number of nitriles is 1. The summed E-state index contributed by atoms with van der Waals surface area (Å²) in [6, 6.07) is 7.41. The van der Waals surface area contributed by atoms with Crippen LogP contribution >= 0.6 is 0 Å². The third kappa shape index (κ3) is 3.15. The topological polar surface area (TPSA) is 54.3 Å². The summed E-state index contributed by atoms with van der Waals surface area (Å²) in [5, 5.41) is 12.0. The van der Waals surface area contributed by atoms with Crippen LogP contribution < -0.4 is 10.1 Å². The average Bonchev–Trinajstić information content (AvgIpc) is 2.29. The summed E-state index contributed by atoms with van der Waals surface area (Å²) in [7, 11) is 3.23. The molecule has 0 aliphatic carbocycles. The molecule has 1 aromatic rings. The largest absolute Gasteiger partial charge is 0.497 e. The molecule has 0 unspecified atom stereocenters. The lowest BCUT2D eigenvalue weighted by Crippen LogP contribution is -2.08. The Labute approximate surface area is 89.4 Å². The van der Waals surface area contributed by atoms with Crippen LogP contribution in [0.2, 0.25) is 0 Å². The molecule has 0 aliphatic rings. The van der Waals surface area contributed by atoms with E-state index in [9.17, 15) is 0 Å². The SMILES string of the molecule is COCCNc1cc(OC)ccc1C#N. The van der Waals surface area contributed by atoms with Gasteiger partial charge < -0.3 is 14.8 Å². The zero-order valence-corrected chi connectivity index (χ0v) is 8.91. The lowest BCUT2D eigenvalue weighted by Gasteiger charge is -2.09. The molecule has 0 fully saturated rings. The fourth-order valence-electron chi connectivity index (χ4n) is 1.18. The van der Waals surface area contributed by atoms with Crippen LogP contribution in [0.3, 0.4) is 0 Å². The van der Waals surface area contributed by atoms with Crippen molar-refractivity contribution in [1.82, 2.24) is 0 Å². The van der Waals surface area contributed by atoms with Crippen LogP contribution in [0.5, 0.6) is 5.75 Å². The summed E-state index contributed by atoms with van der Waals surface area (Å²) in [4.78, 5) is 0. The highest BCUT2D eigenvalue weighted by molar-refractivity contribution is 5.60. The van der Waals surface area contributed by atoms with E-state index in [2.05, 4.69) is 11.4 Å². The molecule has 0 aliphatic heterocycles. The number of nitrogens with zero attached hydrogens (tertiary/aromatic N) is 1. The molecule has 0 saturated carbocycles. The first-order chi connectivity index (χ1) is 7.31. The van der Waals surface area contributed by atoms with Crippen molar-refractivity contribution in [2.45, 2.75) is 0 Å². The summed E-state index contributed by atoms with van der Waals surface area (Å²) in [5.74, 6) is 0.730. The van der Waals surface area contributed by atoms with Gasteiger partial charge in [-0.15, -0.1) is 0 Å². The molecule has 0 radical (unpaired) electrons. The lowest BCUT2D eigenvalue weighted by atomic mass is 10.2. The fourth-order valence-corrected chi connectivity index (χ4v) is 1.18. The number of ether oxygens (including phenoxy) is 2. The third-order valence-corrected chi connectivity index (χ3v) is 1.97.